The van der Waals surface area contributed by atoms with E-state index in [0.29, 0.717) is 11.6 Å². The Labute approximate surface area is 720 Å². The molecule has 0 aromatic heterocycles. The molecule has 0 saturated heterocycles. The molecule has 3 rings (SSSR count). The summed E-state index contributed by atoms with van der Waals surface area (Å²) in [7, 11) is -7.25. The molecule has 0 aliphatic heterocycles. The molecule has 0 aliphatic rings. The smallest absolute Gasteiger partial charge is 0.251 e. The lowest BCUT2D eigenvalue weighted by Gasteiger charge is -2.32. The average molecular weight is 1730 g/mol. The first-order chi connectivity index (χ1) is 51.6. The highest BCUT2D eigenvalue weighted by atomic mass is 28.3. The predicted octanol–water partition coefficient (Wildman–Crippen LogP) is 32.4. The van der Waals surface area contributed by atoms with Crippen LogP contribution in [0.2, 0.25) is 230 Å². The van der Waals surface area contributed by atoms with Gasteiger partial charge in [0.05, 0.1) is 14.2 Å². The van der Waals surface area contributed by atoms with Crippen molar-refractivity contribution in [1.82, 2.24) is 5.32 Å². The fourth-order valence-electron chi connectivity index (χ4n) is 12.7. The van der Waals surface area contributed by atoms with Crippen LogP contribution in [0.15, 0.2) is 91.0 Å². The van der Waals surface area contributed by atoms with Gasteiger partial charge in [-0.1, -0.05) is 501 Å². The van der Waals surface area contributed by atoms with Gasteiger partial charge in [0, 0.05) is 71.1 Å². The summed E-state index contributed by atoms with van der Waals surface area (Å²) in [5.74, 6) is 1.08. The van der Waals surface area contributed by atoms with Crippen molar-refractivity contribution in [3.63, 3.8) is 0 Å². The van der Waals surface area contributed by atoms with E-state index in [1.165, 1.54) is 213 Å². The van der Waals surface area contributed by atoms with E-state index in [-0.39, 0.29) is 6.42 Å². The molecule has 670 valence electrons. The Balaban J connectivity index is -0.000000291. The maximum absolute atomic E-state index is 11.6. The van der Waals surface area contributed by atoms with Crippen molar-refractivity contribution in [1.29, 1.82) is 0 Å². The molecule has 0 aliphatic carbocycles. The zero-order chi connectivity index (χ0) is 88.8. The Hall–Kier alpha value is -1.08. The molecular formula is C98H207NO5Si9. The Kier molecular flexibility index (Phi) is 74.4. The first-order valence-electron chi connectivity index (χ1n) is 46.7. The first-order valence-corrected chi connectivity index (χ1v) is 79.6. The summed E-state index contributed by atoms with van der Waals surface area (Å²) in [6.07, 6.45) is 27.2. The number of benzene rings is 3. The van der Waals surface area contributed by atoms with Gasteiger partial charge in [0.15, 0.2) is 6.10 Å². The molecule has 0 unspecified atom stereocenters. The van der Waals surface area contributed by atoms with Gasteiger partial charge in [-0.05, 0) is 84.9 Å². The summed E-state index contributed by atoms with van der Waals surface area (Å²) >= 11 is 0. The van der Waals surface area contributed by atoms with Crippen molar-refractivity contribution in [2.45, 2.75) is 491 Å². The quantitative estimate of drug-likeness (QED) is 0.0286. The minimum Gasteiger partial charge on any atom is -0.390 e. The third-order valence-corrected chi connectivity index (χ3v) is 41.4. The van der Waals surface area contributed by atoms with Crippen LogP contribution < -0.4 is 5.32 Å². The topological polar surface area (TPSA) is 110 Å². The van der Waals surface area contributed by atoms with Crippen LogP contribution in [0.25, 0.3) is 0 Å². The molecule has 0 spiro atoms. The lowest BCUT2D eigenvalue weighted by atomic mass is 10.0. The number of aliphatic hydroxyl groups is 4. The Morgan fingerprint density at radius 3 is 0.823 bits per heavy atom. The number of aliphatic hydroxyl groups excluding tert-OH is 4. The number of aryl methyl sites for hydroxylation is 3. The minimum absolute atomic E-state index is 0.225. The van der Waals surface area contributed by atoms with Gasteiger partial charge >= 0.3 is 0 Å². The number of unbranched alkanes of at least 4 members (excludes halogenated alkanes) is 14. The van der Waals surface area contributed by atoms with Gasteiger partial charge in [0.25, 0.3) is 5.91 Å². The number of hydrogen-bond acceptors (Lipinski definition) is 5. The van der Waals surface area contributed by atoms with Crippen LogP contribution in [-0.2, 0) is 24.1 Å². The monoisotopic (exact) mass is 1730 g/mol. The normalized spacial score (nSPS) is 13.2. The number of nitrogens with one attached hydrogen (secondary N) is 1. The molecule has 113 heavy (non-hydrogen) atoms. The molecular weight excluding hydrogens is 1520 g/mol. The van der Waals surface area contributed by atoms with E-state index < -0.39 is 103 Å². The van der Waals surface area contributed by atoms with E-state index in [4.69, 9.17) is 0 Å². The lowest BCUT2D eigenvalue weighted by Crippen LogP contribution is -2.51. The van der Waals surface area contributed by atoms with E-state index >= 15 is 0 Å². The van der Waals surface area contributed by atoms with Crippen LogP contribution in [0.1, 0.15) is 234 Å². The maximum Gasteiger partial charge on any atom is 0.251 e. The number of carbonyl (C=O) groups excluding carboxylic acids is 1. The van der Waals surface area contributed by atoms with Crippen LogP contribution in [0, 0.1) is 11.8 Å². The highest BCUT2D eigenvalue weighted by molar-refractivity contribution is 6.80. The SMILES string of the molecule is CC(C)(C)[Si](C)(C)C.CCCCCCCCCC[Si](C)(C)C.CCC[Si](C)(C)C.CCC[Si](C)(CC(C)C)CC(C)C.CC[C@@H](O)[C@@H](O)[C@H](O)[C@@H](O)C(=O)NCCC[Si](C)(C)C.C[Si](C)(C)C.C[Si](C)(C)CCCCCCc1ccccc1.C[Si](C)(C)CCCCCCc1ccccc1.C[Si](C)(C)CCCCc1ccccc1. The van der Waals surface area contributed by atoms with Crippen LogP contribution >= 0.6 is 0 Å². The number of amides is 1. The zero-order valence-electron chi connectivity index (χ0n) is 83.6. The maximum atomic E-state index is 11.6. The van der Waals surface area contributed by atoms with E-state index in [1.54, 1.807) is 6.92 Å². The van der Waals surface area contributed by atoms with Crippen LogP contribution in [0.3, 0.4) is 0 Å². The van der Waals surface area contributed by atoms with Gasteiger partial charge in [-0.15, -0.1) is 0 Å². The van der Waals surface area contributed by atoms with Crippen LogP contribution in [0.5, 0.6) is 0 Å². The van der Waals surface area contributed by atoms with E-state index in [0.717, 1.165) is 24.3 Å². The second-order valence-corrected chi connectivity index (χ2v) is 96.5. The van der Waals surface area contributed by atoms with Crippen molar-refractivity contribution >= 4 is 78.6 Å². The summed E-state index contributed by atoms with van der Waals surface area (Å²) in [4.78, 5) is 11.6. The van der Waals surface area contributed by atoms with Gasteiger partial charge in [0.2, 0.25) is 0 Å². The summed E-state index contributed by atoms with van der Waals surface area (Å²) in [6, 6.07) is 45.6. The Bertz CT molecular complexity index is 2440. The van der Waals surface area contributed by atoms with Gasteiger partial charge in [-0.25, -0.2) is 0 Å². The molecule has 3 aromatic rings. The third-order valence-electron chi connectivity index (χ3n) is 20.3. The molecule has 4 atom stereocenters. The second kappa shape index (κ2) is 68.5. The van der Waals surface area contributed by atoms with Gasteiger partial charge in [0.1, 0.15) is 12.2 Å². The first kappa shape index (κ1) is 123. The molecule has 5 N–H and O–H groups in total. The average Bonchev–Trinajstić information content (AvgIpc) is 0.964. The molecule has 3 aromatic carbocycles. The summed E-state index contributed by atoms with van der Waals surface area (Å²) in [5, 5.41) is 41.3. The van der Waals surface area contributed by atoms with Crippen LogP contribution in [-0.4, -0.2) is 130 Å². The molecule has 0 radical (unpaired) electrons. The predicted molar refractivity (Wildman–Crippen MR) is 549 cm³/mol. The number of carbonyl (C=O) groups is 1. The molecule has 0 fully saturated rings. The minimum atomic E-state index is -1.74. The van der Waals surface area contributed by atoms with Crippen molar-refractivity contribution in [3.8, 4) is 0 Å². The van der Waals surface area contributed by atoms with E-state index in [2.05, 4.69) is 336 Å². The molecule has 6 nitrogen and oxygen atoms in total. The fourth-order valence-corrected chi connectivity index (χ4v) is 26.4. The molecule has 0 heterocycles. The zero-order valence-corrected chi connectivity index (χ0v) is 92.6. The second-order valence-electron chi connectivity index (χ2n) is 45.9. The third kappa shape index (κ3) is 99.6. The van der Waals surface area contributed by atoms with Crippen molar-refractivity contribution in [3.05, 3.63) is 108 Å². The van der Waals surface area contributed by atoms with Gasteiger partial charge in [-0.3, -0.25) is 4.79 Å². The summed E-state index contributed by atoms with van der Waals surface area (Å²) < 4.78 is 0. The highest BCUT2D eigenvalue weighted by Gasteiger charge is 2.34. The Morgan fingerprint density at radius 1 is 0.336 bits per heavy atom. The van der Waals surface area contributed by atoms with Gasteiger partial charge < -0.3 is 25.7 Å². The lowest BCUT2D eigenvalue weighted by molar-refractivity contribution is -0.146. The van der Waals surface area contributed by atoms with Crippen molar-refractivity contribution in [2.24, 2.45) is 11.8 Å². The summed E-state index contributed by atoms with van der Waals surface area (Å²) in [5.41, 5.74) is 4.48. The molecule has 1 amide bonds. The van der Waals surface area contributed by atoms with E-state index in [1.807, 2.05) is 0 Å². The molecule has 0 saturated carbocycles. The van der Waals surface area contributed by atoms with Gasteiger partial charge in [-0.2, -0.15) is 0 Å². The van der Waals surface area contributed by atoms with Crippen molar-refractivity contribution < 1.29 is 25.2 Å². The van der Waals surface area contributed by atoms with Crippen LogP contribution in [0.4, 0.5) is 0 Å². The highest BCUT2D eigenvalue weighted by Crippen LogP contribution is 2.35. The molecule has 15 heteroatoms. The summed E-state index contributed by atoms with van der Waals surface area (Å²) in [6.45, 7) is 88.1. The fraction of sp³-hybridized carbons (Fsp3) is 0.806. The number of rotatable bonds is 45. The number of hydrogen-bond donors (Lipinski definition) is 5. The largest absolute Gasteiger partial charge is 0.390 e. The van der Waals surface area contributed by atoms with Crippen molar-refractivity contribution in [2.75, 3.05) is 6.54 Å². The van der Waals surface area contributed by atoms with E-state index in [9.17, 15) is 25.2 Å². The Morgan fingerprint density at radius 2 is 0.584 bits per heavy atom. The molecule has 0 bridgehead atoms. The standard InChI is InChI=1S/2C15H26Si.C13H29NO5Si.C13H22Si.C13H30Si.C12H28Si.C7H18Si.C6H16Si.C4H12Si/c2*1-16(2,3)14-10-5-4-7-11-15-12-8-6-9-13-15;1-5-9(15)10(16)11(17)12(18)13(19)14-7-6-8-20(2,3)4;1-14(2,3)12-8-7-11-13-9-5-4-6-10-13;1-5-6-7-8-9-10-11-12-13-14(2,3)4;1-7-8-13(6,9-11(2)3)10-12(4)5;1-7(2,3)8(4,5)6;1-5-6-7(2,3)4;1-5(2,3)4/h2*6,8-9,12-13H,4-5,7,10-11,14H2,1-3H3;9-12,15-18H,5-8H2,1-4H3,(H,14,19);4-6,9-10H,7-8,11-12H2,1-3H3;5-13H2,1-4H3;11-12H,7-10H2,1-6H3;1-6H3;5-6H2,1-4H3;1-4H3/t;;9-,10-,11+,12-;;;;;;/m..1....../s1.